The van der Waals surface area contributed by atoms with Crippen LogP contribution in [0.1, 0.15) is 72.1 Å². The SMILES string of the molecule is CCCCCCCCC(S)CC(C)(C)O[SiH3]. The highest BCUT2D eigenvalue weighted by Gasteiger charge is 2.19. The van der Waals surface area contributed by atoms with Gasteiger partial charge >= 0.3 is 0 Å². The second-order valence-corrected chi connectivity index (χ2v) is 6.52. The van der Waals surface area contributed by atoms with Crippen molar-refractivity contribution < 1.29 is 4.43 Å². The van der Waals surface area contributed by atoms with Crippen molar-refractivity contribution in [1.82, 2.24) is 0 Å². The molecule has 0 fully saturated rings. The monoisotopic (exact) mass is 262 g/mol. The van der Waals surface area contributed by atoms with Gasteiger partial charge in [0.15, 0.2) is 0 Å². The van der Waals surface area contributed by atoms with Gasteiger partial charge in [-0.15, -0.1) is 0 Å². The summed E-state index contributed by atoms with van der Waals surface area (Å²) >= 11 is 4.66. The van der Waals surface area contributed by atoms with Crippen molar-refractivity contribution in [2.45, 2.75) is 83.0 Å². The molecule has 0 rings (SSSR count). The van der Waals surface area contributed by atoms with Crippen LogP contribution >= 0.6 is 12.6 Å². The first-order chi connectivity index (χ1) is 7.52. The van der Waals surface area contributed by atoms with Gasteiger partial charge in [-0.05, 0) is 26.7 Å². The minimum atomic E-state index is 0.0425. The van der Waals surface area contributed by atoms with Crippen LogP contribution in [0.5, 0.6) is 0 Å². The van der Waals surface area contributed by atoms with Crippen LogP contribution in [0.4, 0.5) is 0 Å². The van der Waals surface area contributed by atoms with E-state index < -0.39 is 0 Å². The number of rotatable bonds is 10. The molecule has 0 aromatic heterocycles. The third-order valence-electron chi connectivity index (χ3n) is 3.17. The smallest absolute Gasteiger partial charge is 0.146 e. The van der Waals surface area contributed by atoms with Crippen LogP contribution in [-0.4, -0.2) is 21.3 Å². The fourth-order valence-electron chi connectivity index (χ4n) is 1.91. The molecule has 1 unspecified atom stereocenters. The Labute approximate surface area is 111 Å². The predicted octanol–water partition coefficient (Wildman–Crippen LogP) is 3.50. The van der Waals surface area contributed by atoms with Gasteiger partial charge in [-0.2, -0.15) is 12.6 Å². The molecule has 3 heteroatoms. The summed E-state index contributed by atoms with van der Waals surface area (Å²) in [7, 11) is 0.825. The average molecular weight is 263 g/mol. The van der Waals surface area contributed by atoms with E-state index in [1.807, 2.05) is 0 Å². The van der Waals surface area contributed by atoms with Gasteiger partial charge in [0.05, 0.1) is 5.60 Å². The van der Waals surface area contributed by atoms with Crippen LogP contribution < -0.4 is 0 Å². The second kappa shape index (κ2) is 9.55. The summed E-state index contributed by atoms with van der Waals surface area (Å²) in [6.45, 7) is 6.61. The lowest BCUT2D eigenvalue weighted by Crippen LogP contribution is -2.27. The highest BCUT2D eigenvalue weighted by Crippen LogP contribution is 2.22. The van der Waals surface area contributed by atoms with E-state index in [-0.39, 0.29) is 5.60 Å². The van der Waals surface area contributed by atoms with E-state index in [9.17, 15) is 0 Å². The fraction of sp³-hybridized carbons (Fsp3) is 1.00. The molecule has 0 saturated carbocycles. The molecule has 0 aromatic carbocycles. The third kappa shape index (κ3) is 9.73. The molecule has 0 aliphatic rings. The summed E-state index contributed by atoms with van der Waals surface area (Å²) in [5, 5.41) is 0.509. The summed E-state index contributed by atoms with van der Waals surface area (Å²) < 4.78 is 5.56. The zero-order chi connectivity index (χ0) is 12.4. The molecule has 0 bridgehead atoms. The molecule has 0 aliphatic heterocycles. The van der Waals surface area contributed by atoms with E-state index in [4.69, 9.17) is 4.43 Å². The van der Waals surface area contributed by atoms with E-state index in [2.05, 4.69) is 33.4 Å². The summed E-state index contributed by atoms with van der Waals surface area (Å²) in [6.07, 6.45) is 10.6. The maximum Gasteiger partial charge on any atom is 0.146 e. The third-order valence-corrected chi connectivity index (χ3v) is 4.72. The Hall–Kier alpha value is 0.527. The maximum atomic E-state index is 5.56. The predicted molar refractivity (Wildman–Crippen MR) is 80.5 cm³/mol. The van der Waals surface area contributed by atoms with Crippen molar-refractivity contribution in [1.29, 1.82) is 0 Å². The number of hydrogen-bond acceptors (Lipinski definition) is 2. The number of hydrogen-bond donors (Lipinski definition) is 1. The minimum absolute atomic E-state index is 0.0425. The molecule has 0 spiro atoms. The lowest BCUT2D eigenvalue weighted by molar-refractivity contribution is 0.111. The first kappa shape index (κ1) is 16.5. The Morgan fingerprint density at radius 2 is 1.69 bits per heavy atom. The van der Waals surface area contributed by atoms with Gasteiger partial charge in [-0.1, -0.05) is 45.4 Å². The summed E-state index contributed by atoms with van der Waals surface area (Å²) in [5.74, 6) is 0. The molecule has 0 heterocycles. The summed E-state index contributed by atoms with van der Waals surface area (Å²) in [4.78, 5) is 0. The molecule has 0 N–H and O–H groups in total. The van der Waals surface area contributed by atoms with E-state index >= 15 is 0 Å². The molecule has 16 heavy (non-hydrogen) atoms. The zero-order valence-electron chi connectivity index (χ0n) is 11.6. The van der Waals surface area contributed by atoms with Crippen molar-refractivity contribution in [3.05, 3.63) is 0 Å². The van der Waals surface area contributed by atoms with Crippen LogP contribution in [0.25, 0.3) is 0 Å². The topological polar surface area (TPSA) is 9.23 Å². The second-order valence-electron chi connectivity index (χ2n) is 5.38. The molecule has 0 amide bonds. The van der Waals surface area contributed by atoms with Gasteiger partial charge in [0.1, 0.15) is 10.5 Å². The molecular formula is C13H30OSSi. The Morgan fingerprint density at radius 3 is 2.25 bits per heavy atom. The van der Waals surface area contributed by atoms with Crippen LogP contribution in [-0.2, 0) is 4.43 Å². The fourth-order valence-corrected chi connectivity index (χ4v) is 2.70. The largest absolute Gasteiger partial charge is 0.423 e. The summed E-state index contributed by atoms with van der Waals surface area (Å²) in [6, 6.07) is 0. The van der Waals surface area contributed by atoms with E-state index in [0.29, 0.717) is 5.25 Å². The molecular weight excluding hydrogens is 232 g/mol. The van der Waals surface area contributed by atoms with E-state index in [0.717, 1.165) is 16.9 Å². The zero-order valence-corrected chi connectivity index (χ0v) is 14.5. The van der Waals surface area contributed by atoms with Gasteiger partial charge < -0.3 is 4.43 Å². The van der Waals surface area contributed by atoms with Crippen molar-refractivity contribution in [3.63, 3.8) is 0 Å². The Balaban J connectivity index is 3.40. The summed E-state index contributed by atoms with van der Waals surface area (Å²) in [5.41, 5.74) is 0.0425. The molecule has 0 radical (unpaired) electrons. The van der Waals surface area contributed by atoms with Crippen molar-refractivity contribution in [2.75, 3.05) is 0 Å². The first-order valence-electron chi connectivity index (χ1n) is 6.75. The Kier molecular flexibility index (Phi) is 9.86. The van der Waals surface area contributed by atoms with Gasteiger partial charge in [0.25, 0.3) is 0 Å². The number of thiol groups is 1. The van der Waals surface area contributed by atoms with Crippen LogP contribution in [0.3, 0.4) is 0 Å². The molecule has 98 valence electrons. The first-order valence-corrected chi connectivity index (χ1v) is 8.08. The molecule has 1 nitrogen and oxygen atoms in total. The van der Waals surface area contributed by atoms with Gasteiger partial charge in [-0.25, -0.2) is 0 Å². The van der Waals surface area contributed by atoms with Gasteiger partial charge in [0.2, 0.25) is 0 Å². The molecule has 0 aromatic rings. The minimum Gasteiger partial charge on any atom is -0.423 e. The highest BCUT2D eigenvalue weighted by atomic mass is 32.1. The lowest BCUT2D eigenvalue weighted by atomic mass is 9.99. The molecule has 0 aliphatic carbocycles. The van der Waals surface area contributed by atoms with Crippen LogP contribution in [0, 0.1) is 0 Å². The van der Waals surface area contributed by atoms with Gasteiger partial charge in [-0.3, -0.25) is 0 Å². The Bertz CT molecular complexity index is 162. The van der Waals surface area contributed by atoms with Crippen molar-refractivity contribution >= 4 is 23.1 Å². The van der Waals surface area contributed by atoms with E-state index in [1.54, 1.807) is 0 Å². The highest BCUT2D eigenvalue weighted by molar-refractivity contribution is 7.80. The standard InChI is InChI=1S/C13H30OSSi/c1-4-5-6-7-8-9-10-12(15)11-13(2,3)14-16/h12,15H,4-11H2,1-3,16H3. The van der Waals surface area contributed by atoms with Crippen molar-refractivity contribution in [2.24, 2.45) is 0 Å². The van der Waals surface area contributed by atoms with Gasteiger partial charge in [0, 0.05) is 5.25 Å². The number of unbranched alkanes of at least 4 members (excludes halogenated alkanes) is 5. The Morgan fingerprint density at radius 1 is 1.12 bits per heavy atom. The average Bonchev–Trinajstić information content (AvgIpc) is 2.22. The quantitative estimate of drug-likeness (QED) is 0.360. The molecule has 1 atom stereocenters. The van der Waals surface area contributed by atoms with E-state index in [1.165, 1.54) is 44.9 Å². The molecule has 0 saturated heterocycles. The van der Waals surface area contributed by atoms with Crippen LogP contribution in [0.2, 0.25) is 0 Å². The lowest BCUT2D eigenvalue weighted by Gasteiger charge is -2.26. The van der Waals surface area contributed by atoms with Crippen LogP contribution in [0.15, 0.2) is 0 Å². The normalized spacial score (nSPS) is 14.2. The maximum absolute atomic E-state index is 5.56. The van der Waals surface area contributed by atoms with Crippen molar-refractivity contribution in [3.8, 4) is 0 Å².